The minimum Gasteiger partial charge on any atom is -0.493 e. The molecule has 0 N–H and O–H groups in total. The van der Waals surface area contributed by atoms with Crippen molar-refractivity contribution in [1.82, 2.24) is 4.98 Å². The molecule has 4 rings (SSSR count). The largest absolute Gasteiger partial charge is 0.493 e. The summed E-state index contributed by atoms with van der Waals surface area (Å²) in [6, 6.07) is 13.3. The number of carbonyl (C=O) groups excluding carboxylic acids is 1. The molecular formula is C21H20N2O4. The lowest BCUT2D eigenvalue weighted by Crippen LogP contribution is -2.29. The fourth-order valence-electron chi connectivity index (χ4n) is 3.36. The molecule has 6 heteroatoms. The molecule has 27 heavy (non-hydrogen) atoms. The molecule has 3 aromatic rings. The molecule has 0 atom stereocenters. The summed E-state index contributed by atoms with van der Waals surface area (Å²) < 4.78 is 16.4. The molecular weight excluding hydrogens is 344 g/mol. The second kappa shape index (κ2) is 6.79. The minimum atomic E-state index is -0.145. The third-order valence-corrected chi connectivity index (χ3v) is 4.76. The van der Waals surface area contributed by atoms with Crippen LogP contribution >= 0.6 is 0 Å². The normalized spacial score (nSPS) is 12.8. The molecule has 1 aliphatic heterocycles. The van der Waals surface area contributed by atoms with Gasteiger partial charge in [-0.15, -0.1) is 0 Å². The fourth-order valence-corrected chi connectivity index (χ4v) is 3.36. The zero-order chi connectivity index (χ0) is 19.0. The van der Waals surface area contributed by atoms with Crippen LogP contribution in [0.3, 0.4) is 0 Å². The van der Waals surface area contributed by atoms with Crippen LogP contribution in [0.4, 0.5) is 5.69 Å². The molecule has 0 spiro atoms. The van der Waals surface area contributed by atoms with E-state index in [0.717, 1.165) is 17.7 Å². The molecule has 6 nitrogen and oxygen atoms in total. The van der Waals surface area contributed by atoms with Gasteiger partial charge in [-0.2, -0.15) is 0 Å². The number of nitrogens with zero attached hydrogens (tertiary/aromatic N) is 2. The van der Waals surface area contributed by atoms with Crippen LogP contribution in [0, 0.1) is 6.92 Å². The maximum atomic E-state index is 13.1. The Labute approximate surface area is 157 Å². The lowest BCUT2D eigenvalue weighted by molar-refractivity contribution is 0.0984. The molecule has 138 valence electrons. The molecule has 2 heterocycles. The Morgan fingerprint density at radius 2 is 1.89 bits per heavy atom. The van der Waals surface area contributed by atoms with Gasteiger partial charge < -0.3 is 18.8 Å². The van der Waals surface area contributed by atoms with Gasteiger partial charge in [-0.05, 0) is 43.2 Å². The van der Waals surface area contributed by atoms with E-state index in [1.807, 2.05) is 30.3 Å². The maximum Gasteiger partial charge on any atom is 0.280 e. The topological polar surface area (TPSA) is 64.8 Å². The van der Waals surface area contributed by atoms with Gasteiger partial charge in [-0.1, -0.05) is 18.2 Å². The first-order valence-corrected chi connectivity index (χ1v) is 8.72. The Balaban J connectivity index is 1.67. The van der Waals surface area contributed by atoms with E-state index in [9.17, 15) is 4.79 Å². The number of amides is 1. The molecule has 1 aromatic heterocycles. The summed E-state index contributed by atoms with van der Waals surface area (Å²) in [4.78, 5) is 19.3. The van der Waals surface area contributed by atoms with E-state index in [4.69, 9.17) is 13.9 Å². The molecule has 0 saturated heterocycles. The average Bonchev–Trinajstić information content (AvgIpc) is 3.30. The van der Waals surface area contributed by atoms with Crippen LogP contribution in [0.2, 0.25) is 0 Å². The Morgan fingerprint density at radius 1 is 1.11 bits per heavy atom. The standard InChI is InChI=1S/C21H20N2O4/c1-13-19(21(24)23-11-10-14-6-4-5-7-16(14)23)22-20(27-13)15-8-9-17(25-2)18(12-15)26-3/h4-9,12H,10-11H2,1-3H3. The summed E-state index contributed by atoms with van der Waals surface area (Å²) in [5.41, 5.74) is 3.16. The van der Waals surface area contributed by atoms with Gasteiger partial charge in [0.1, 0.15) is 5.76 Å². The number of methoxy groups -OCH3 is 2. The fraction of sp³-hybridized carbons (Fsp3) is 0.238. The van der Waals surface area contributed by atoms with E-state index in [0.29, 0.717) is 35.4 Å². The van der Waals surface area contributed by atoms with E-state index >= 15 is 0 Å². The lowest BCUT2D eigenvalue weighted by atomic mass is 10.2. The third kappa shape index (κ3) is 2.93. The van der Waals surface area contributed by atoms with Crippen LogP contribution in [0.25, 0.3) is 11.5 Å². The highest BCUT2D eigenvalue weighted by molar-refractivity contribution is 6.06. The van der Waals surface area contributed by atoms with E-state index in [-0.39, 0.29) is 5.91 Å². The number of aryl methyl sites for hydroxylation is 1. The molecule has 0 aliphatic carbocycles. The van der Waals surface area contributed by atoms with Gasteiger partial charge in [0, 0.05) is 17.8 Å². The number of anilines is 1. The van der Waals surface area contributed by atoms with Gasteiger partial charge in [0.2, 0.25) is 5.89 Å². The van der Waals surface area contributed by atoms with Crippen molar-refractivity contribution in [2.75, 3.05) is 25.7 Å². The van der Waals surface area contributed by atoms with Crippen molar-refractivity contribution in [1.29, 1.82) is 0 Å². The SMILES string of the molecule is COc1ccc(-c2nc(C(=O)N3CCc4ccccc43)c(C)o2)cc1OC. The summed E-state index contributed by atoms with van der Waals surface area (Å²) in [6.07, 6.45) is 0.849. The third-order valence-electron chi connectivity index (χ3n) is 4.76. The smallest absolute Gasteiger partial charge is 0.280 e. The molecule has 0 bridgehead atoms. The highest BCUT2D eigenvalue weighted by Crippen LogP contribution is 2.34. The Morgan fingerprint density at radius 3 is 2.67 bits per heavy atom. The van der Waals surface area contributed by atoms with Gasteiger partial charge in [0.15, 0.2) is 17.2 Å². The van der Waals surface area contributed by atoms with E-state index in [1.165, 1.54) is 5.56 Å². The van der Waals surface area contributed by atoms with Crippen molar-refractivity contribution in [3.63, 3.8) is 0 Å². The predicted molar refractivity (Wildman–Crippen MR) is 102 cm³/mol. The summed E-state index contributed by atoms with van der Waals surface area (Å²) in [6.45, 7) is 2.41. The number of hydrogen-bond acceptors (Lipinski definition) is 5. The highest BCUT2D eigenvalue weighted by Gasteiger charge is 2.29. The van der Waals surface area contributed by atoms with Crippen molar-refractivity contribution >= 4 is 11.6 Å². The molecule has 2 aromatic carbocycles. The Kier molecular flexibility index (Phi) is 4.32. The molecule has 1 amide bonds. The van der Waals surface area contributed by atoms with Gasteiger partial charge >= 0.3 is 0 Å². The number of fused-ring (bicyclic) bond motifs is 1. The number of rotatable bonds is 4. The molecule has 0 fully saturated rings. The molecule has 0 saturated carbocycles. The summed E-state index contributed by atoms with van der Waals surface area (Å²) >= 11 is 0. The van der Waals surface area contributed by atoms with Crippen molar-refractivity contribution in [3.05, 3.63) is 59.5 Å². The van der Waals surface area contributed by atoms with E-state index in [2.05, 4.69) is 4.98 Å². The van der Waals surface area contributed by atoms with Crippen molar-refractivity contribution in [3.8, 4) is 23.0 Å². The lowest BCUT2D eigenvalue weighted by Gasteiger charge is -2.15. The van der Waals surface area contributed by atoms with E-state index < -0.39 is 0 Å². The molecule has 1 aliphatic rings. The number of benzene rings is 2. The summed E-state index contributed by atoms with van der Waals surface area (Å²) in [5, 5.41) is 0. The Hall–Kier alpha value is -3.28. The van der Waals surface area contributed by atoms with Crippen LogP contribution in [-0.2, 0) is 6.42 Å². The monoisotopic (exact) mass is 364 g/mol. The highest BCUT2D eigenvalue weighted by atomic mass is 16.5. The van der Waals surface area contributed by atoms with Crippen LogP contribution in [0.15, 0.2) is 46.9 Å². The van der Waals surface area contributed by atoms with Crippen LogP contribution < -0.4 is 14.4 Å². The summed E-state index contributed by atoms with van der Waals surface area (Å²) in [5.74, 6) is 1.92. The molecule has 0 unspecified atom stereocenters. The van der Waals surface area contributed by atoms with Crippen molar-refractivity contribution in [2.24, 2.45) is 0 Å². The second-order valence-electron chi connectivity index (χ2n) is 6.33. The first-order chi connectivity index (χ1) is 13.1. The van der Waals surface area contributed by atoms with Gasteiger partial charge in [-0.25, -0.2) is 4.98 Å². The van der Waals surface area contributed by atoms with Gasteiger partial charge in [-0.3, -0.25) is 4.79 Å². The van der Waals surface area contributed by atoms with Gasteiger partial charge in [0.05, 0.1) is 14.2 Å². The number of carbonyl (C=O) groups is 1. The van der Waals surface area contributed by atoms with E-state index in [1.54, 1.807) is 38.2 Å². The van der Waals surface area contributed by atoms with Crippen LogP contribution in [0.1, 0.15) is 21.8 Å². The maximum absolute atomic E-state index is 13.1. The zero-order valence-electron chi connectivity index (χ0n) is 15.5. The summed E-state index contributed by atoms with van der Waals surface area (Å²) in [7, 11) is 3.15. The van der Waals surface area contributed by atoms with Crippen molar-refractivity contribution < 1.29 is 18.7 Å². The number of ether oxygens (including phenoxy) is 2. The zero-order valence-corrected chi connectivity index (χ0v) is 15.5. The first-order valence-electron chi connectivity index (χ1n) is 8.72. The predicted octanol–water partition coefficient (Wildman–Crippen LogP) is 3.87. The molecule has 0 radical (unpaired) electrons. The number of aromatic nitrogens is 1. The van der Waals surface area contributed by atoms with Crippen LogP contribution in [-0.4, -0.2) is 31.7 Å². The number of oxazole rings is 1. The van der Waals surface area contributed by atoms with Crippen LogP contribution in [0.5, 0.6) is 11.5 Å². The Bertz CT molecular complexity index is 1010. The first kappa shape index (κ1) is 17.1. The second-order valence-corrected chi connectivity index (χ2v) is 6.33. The quantitative estimate of drug-likeness (QED) is 0.703. The minimum absolute atomic E-state index is 0.145. The van der Waals surface area contributed by atoms with Gasteiger partial charge in [0.25, 0.3) is 5.91 Å². The number of para-hydroxylation sites is 1. The van der Waals surface area contributed by atoms with Crippen molar-refractivity contribution in [2.45, 2.75) is 13.3 Å². The number of hydrogen-bond donors (Lipinski definition) is 0. The average molecular weight is 364 g/mol.